The van der Waals surface area contributed by atoms with E-state index in [1.54, 1.807) is 0 Å². The van der Waals surface area contributed by atoms with Crippen LogP contribution < -0.4 is 5.32 Å². The Morgan fingerprint density at radius 1 is 1.24 bits per heavy atom. The number of nitrogens with zero attached hydrogens (tertiary/aromatic N) is 3. The van der Waals surface area contributed by atoms with Gasteiger partial charge in [-0.3, -0.25) is 14.6 Å². The minimum absolute atomic E-state index is 0.0446. The molecule has 0 radical (unpaired) electrons. The molecule has 2 heterocycles. The number of carbonyl (C=O) groups is 1. The van der Waals surface area contributed by atoms with E-state index in [0.29, 0.717) is 24.5 Å². The Balaban J connectivity index is 1.43. The molecule has 0 saturated carbocycles. The van der Waals surface area contributed by atoms with Gasteiger partial charge in [0, 0.05) is 39.3 Å². The predicted octanol–water partition coefficient (Wildman–Crippen LogP) is 3.29. The van der Waals surface area contributed by atoms with Gasteiger partial charge in [0.15, 0.2) is 5.69 Å². The van der Waals surface area contributed by atoms with Gasteiger partial charge in [-0.1, -0.05) is 31.9 Å². The molecule has 1 amide bonds. The number of piperazine rings is 1. The average molecular weight is 469 g/mol. The molecule has 33 heavy (non-hydrogen) atoms. The minimum atomic E-state index is -4.43. The van der Waals surface area contributed by atoms with E-state index in [1.807, 2.05) is 0 Å². The Morgan fingerprint density at radius 3 is 2.67 bits per heavy atom. The number of aliphatic hydroxyl groups excluding tert-OH is 1. The first-order valence-corrected chi connectivity index (χ1v) is 11.3. The predicted molar refractivity (Wildman–Crippen MR) is 116 cm³/mol. The van der Waals surface area contributed by atoms with Crippen molar-refractivity contribution in [2.75, 3.05) is 32.7 Å². The number of halogens is 3. The molecule has 1 unspecified atom stereocenters. The number of carbonyl (C=O) groups excluding carboxylic acids is 1. The van der Waals surface area contributed by atoms with Gasteiger partial charge in [0.25, 0.3) is 5.91 Å². The lowest BCUT2D eigenvalue weighted by Gasteiger charge is -2.35. The number of unbranched alkanes of at least 4 members (excludes halogenated alkanes) is 1. The van der Waals surface area contributed by atoms with E-state index < -0.39 is 17.6 Å². The second-order valence-electron chi connectivity index (χ2n) is 8.38. The van der Waals surface area contributed by atoms with Crippen LogP contribution in [0.5, 0.6) is 0 Å². The quantitative estimate of drug-likeness (QED) is 0.557. The van der Waals surface area contributed by atoms with Crippen LogP contribution in [0.3, 0.4) is 0 Å². The smallest absolute Gasteiger partial charge is 0.416 e. The van der Waals surface area contributed by atoms with E-state index in [-0.39, 0.29) is 18.3 Å². The van der Waals surface area contributed by atoms with Crippen molar-refractivity contribution in [1.29, 1.82) is 0 Å². The minimum Gasteiger partial charge on any atom is -0.447 e. The van der Waals surface area contributed by atoms with E-state index >= 15 is 0 Å². The van der Waals surface area contributed by atoms with Gasteiger partial charge in [0.1, 0.15) is 6.26 Å². The number of aliphatic hydroxyl groups is 1. The van der Waals surface area contributed by atoms with Crippen molar-refractivity contribution < 1.29 is 27.5 Å². The molecule has 1 aromatic carbocycles. The lowest BCUT2D eigenvalue weighted by Crippen LogP contribution is -2.48. The summed E-state index contributed by atoms with van der Waals surface area (Å²) in [6, 6.07) is 4.83. The van der Waals surface area contributed by atoms with Gasteiger partial charge in [-0.25, -0.2) is 4.98 Å². The summed E-state index contributed by atoms with van der Waals surface area (Å²) in [5.41, 5.74) is -0.317. The Morgan fingerprint density at radius 2 is 1.97 bits per heavy atom. The second kappa shape index (κ2) is 11.6. The van der Waals surface area contributed by atoms with E-state index in [4.69, 9.17) is 4.42 Å². The molecule has 1 saturated heterocycles. The van der Waals surface area contributed by atoms with Crippen LogP contribution in [0.4, 0.5) is 13.2 Å². The lowest BCUT2D eigenvalue weighted by molar-refractivity contribution is -0.137. The van der Waals surface area contributed by atoms with Crippen molar-refractivity contribution in [3.05, 3.63) is 53.2 Å². The maximum atomic E-state index is 12.8. The van der Waals surface area contributed by atoms with E-state index in [0.717, 1.165) is 57.6 Å². The van der Waals surface area contributed by atoms with Crippen LogP contribution in [-0.4, -0.2) is 64.6 Å². The molecular weight excluding hydrogens is 437 g/mol. The first kappa shape index (κ1) is 25.2. The molecule has 182 valence electrons. The summed E-state index contributed by atoms with van der Waals surface area (Å²) in [7, 11) is 0. The normalized spacial score (nSPS) is 16.6. The summed E-state index contributed by atoms with van der Waals surface area (Å²) < 4.78 is 43.9. The molecule has 10 heteroatoms. The standard InChI is InChI=1S/C23H31F3N4O3/c1-2-3-7-19(31)14-29-8-10-30(11-9-29)15-21-28-20(16-33-21)22(32)27-13-17-5-4-6-18(12-17)23(24,25)26/h4-6,12,16,19,31H,2-3,7-11,13-15H2,1H3,(H,27,32). The highest BCUT2D eigenvalue weighted by Crippen LogP contribution is 2.29. The van der Waals surface area contributed by atoms with Crippen molar-refractivity contribution in [3.63, 3.8) is 0 Å². The third kappa shape index (κ3) is 7.83. The van der Waals surface area contributed by atoms with Crippen LogP contribution >= 0.6 is 0 Å². The summed E-state index contributed by atoms with van der Waals surface area (Å²) in [4.78, 5) is 21.0. The Hall–Kier alpha value is -2.43. The SMILES string of the molecule is CCCCC(O)CN1CCN(Cc2nc(C(=O)NCc3cccc(C(F)(F)F)c3)co2)CC1. The summed E-state index contributed by atoms with van der Waals surface area (Å²) in [6.45, 7) is 6.51. The molecule has 2 aromatic rings. The van der Waals surface area contributed by atoms with Crippen molar-refractivity contribution in [2.45, 2.75) is 51.6 Å². The van der Waals surface area contributed by atoms with E-state index in [2.05, 4.69) is 27.0 Å². The number of hydrogen-bond acceptors (Lipinski definition) is 6. The Bertz CT molecular complexity index is 895. The fraction of sp³-hybridized carbons (Fsp3) is 0.565. The number of rotatable bonds is 10. The van der Waals surface area contributed by atoms with Crippen molar-refractivity contribution >= 4 is 5.91 Å². The molecule has 2 N–H and O–H groups in total. The molecule has 0 spiro atoms. The molecule has 0 aliphatic carbocycles. The number of nitrogens with one attached hydrogen (secondary N) is 1. The van der Waals surface area contributed by atoms with Gasteiger partial charge >= 0.3 is 6.18 Å². The van der Waals surface area contributed by atoms with Crippen LogP contribution in [0.15, 0.2) is 34.9 Å². The third-order valence-electron chi connectivity index (χ3n) is 5.68. The number of β-amino-alcohol motifs (C(OH)–C–C–N with tert-alkyl or cyclic N) is 1. The topological polar surface area (TPSA) is 81.8 Å². The molecule has 1 atom stereocenters. The fourth-order valence-corrected chi connectivity index (χ4v) is 3.77. The van der Waals surface area contributed by atoms with Crippen LogP contribution in [0.2, 0.25) is 0 Å². The molecule has 1 aliphatic heterocycles. The number of alkyl halides is 3. The molecule has 1 fully saturated rings. The van der Waals surface area contributed by atoms with Crippen LogP contribution in [0, 0.1) is 0 Å². The number of amides is 1. The highest BCUT2D eigenvalue weighted by Gasteiger charge is 2.30. The zero-order valence-electron chi connectivity index (χ0n) is 18.8. The van der Waals surface area contributed by atoms with Gasteiger partial charge in [-0.15, -0.1) is 0 Å². The summed E-state index contributed by atoms with van der Waals surface area (Å²) >= 11 is 0. The second-order valence-corrected chi connectivity index (χ2v) is 8.38. The van der Waals surface area contributed by atoms with Gasteiger partial charge in [-0.2, -0.15) is 13.2 Å². The van der Waals surface area contributed by atoms with Crippen LogP contribution in [-0.2, 0) is 19.3 Å². The third-order valence-corrected chi connectivity index (χ3v) is 5.68. The van der Waals surface area contributed by atoms with Crippen LogP contribution in [0.1, 0.15) is 53.7 Å². The Kier molecular flexibility index (Phi) is 8.87. The maximum Gasteiger partial charge on any atom is 0.416 e. The monoisotopic (exact) mass is 468 g/mol. The van der Waals surface area contributed by atoms with Crippen molar-refractivity contribution in [1.82, 2.24) is 20.1 Å². The van der Waals surface area contributed by atoms with E-state index in [1.165, 1.54) is 18.4 Å². The van der Waals surface area contributed by atoms with Gasteiger partial charge in [-0.05, 0) is 24.1 Å². The first-order chi connectivity index (χ1) is 15.7. The highest BCUT2D eigenvalue weighted by atomic mass is 19.4. The molecule has 1 aromatic heterocycles. The zero-order chi connectivity index (χ0) is 23.8. The maximum absolute atomic E-state index is 12.8. The molecule has 3 rings (SSSR count). The fourth-order valence-electron chi connectivity index (χ4n) is 3.77. The first-order valence-electron chi connectivity index (χ1n) is 11.3. The van der Waals surface area contributed by atoms with Gasteiger partial charge in [0.05, 0.1) is 18.2 Å². The van der Waals surface area contributed by atoms with Gasteiger partial charge < -0.3 is 14.8 Å². The number of aromatic nitrogens is 1. The molecular formula is C23H31F3N4O3. The lowest BCUT2D eigenvalue weighted by atomic mass is 10.1. The summed E-state index contributed by atoms with van der Waals surface area (Å²) in [5, 5.41) is 12.7. The van der Waals surface area contributed by atoms with Crippen LogP contribution in [0.25, 0.3) is 0 Å². The average Bonchev–Trinajstić information content (AvgIpc) is 3.25. The molecule has 1 aliphatic rings. The molecule has 7 nitrogen and oxygen atoms in total. The number of benzene rings is 1. The largest absolute Gasteiger partial charge is 0.447 e. The van der Waals surface area contributed by atoms with E-state index in [9.17, 15) is 23.1 Å². The number of hydrogen-bond donors (Lipinski definition) is 2. The number of oxazole rings is 1. The summed E-state index contributed by atoms with van der Waals surface area (Å²) in [5.74, 6) is -0.0936. The van der Waals surface area contributed by atoms with Crippen molar-refractivity contribution in [2.24, 2.45) is 0 Å². The highest BCUT2D eigenvalue weighted by molar-refractivity contribution is 5.91. The molecule has 0 bridgehead atoms. The van der Waals surface area contributed by atoms with Crippen molar-refractivity contribution in [3.8, 4) is 0 Å². The zero-order valence-corrected chi connectivity index (χ0v) is 18.8. The Labute approximate surface area is 191 Å². The van der Waals surface area contributed by atoms with Gasteiger partial charge in [0.2, 0.25) is 5.89 Å². The summed E-state index contributed by atoms with van der Waals surface area (Å²) in [6.07, 6.45) is -0.530.